The minimum atomic E-state index is -0.621. The zero-order valence-corrected chi connectivity index (χ0v) is 31.5. The van der Waals surface area contributed by atoms with Gasteiger partial charge in [-0.15, -0.1) is 0 Å². The number of rotatable bonds is 9. The number of carboxylic acid groups (broad SMARTS) is 1. The monoisotopic (exact) mass is 664 g/mol. The van der Waals surface area contributed by atoms with Gasteiger partial charge in [0.1, 0.15) is 12.2 Å². The molecule has 1 aromatic heterocycles. The standard InChI is InChI=1S/C40H64N4O4/c1-12-31-42-23-43-44(31)29-19-40-22-47-20-36(8,33(29)48-21-39(11,41)25(4)5)30(40)14-13-27-28(40)15-16-38(10)32(34(45)46)35(7,26(6)24(2)3)17-18-37(27,38)9/h12,15,23-27,29-30,32-33H,1,13-14,16-22,41H2,2-11H3,(H,45,46)/t26-,27+,29-,30+,32-,33+,35-,36+,37-,38+,39+,40+/m1/s1. The van der Waals surface area contributed by atoms with Gasteiger partial charge in [0, 0.05) is 16.4 Å². The van der Waals surface area contributed by atoms with Crippen LogP contribution in [0.3, 0.4) is 0 Å². The maximum Gasteiger partial charge on any atom is 0.307 e. The molecule has 3 N–H and O–H groups in total. The molecule has 0 amide bonds. The Morgan fingerprint density at radius 2 is 1.88 bits per heavy atom. The van der Waals surface area contributed by atoms with Crippen molar-refractivity contribution in [2.24, 2.45) is 68.3 Å². The molecule has 5 aliphatic rings. The van der Waals surface area contributed by atoms with Crippen LogP contribution in [0.25, 0.3) is 6.08 Å². The second kappa shape index (κ2) is 11.8. The Balaban J connectivity index is 1.46. The SMILES string of the molecule is C=Cc1ncnn1[C@@H]1C[C@@]23COC[C@@](C)([C@@H]2CC[C@H]2C3=CC[C@@]3(C)[C@H](C(=O)O)[C@@](C)([C@H](C)C(C)C)CC[C@]23C)[C@H]1OC[C@](C)(N)C(C)C. The molecule has 1 saturated heterocycles. The number of fused-ring (bicyclic) bond motifs is 3. The molecule has 0 unspecified atom stereocenters. The van der Waals surface area contributed by atoms with Gasteiger partial charge in [-0.1, -0.05) is 80.5 Å². The zero-order valence-electron chi connectivity index (χ0n) is 31.5. The molecule has 1 aliphatic heterocycles. The quantitative estimate of drug-likeness (QED) is 0.259. The topological polar surface area (TPSA) is 112 Å². The largest absolute Gasteiger partial charge is 0.481 e. The zero-order chi connectivity index (χ0) is 35.2. The lowest BCUT2D eigenvalue weighted by molar-refractivity contribution is -0.252. The van der Waals surface area contributed by atoms with E-state index in [1.54, 1.807) is 12.4 Å². The minimum Gasteiger partial charge on any atom is -0.481 e. The summed E-state index contributed by atoms with van der Waals surface area (Å²) < 4.78 is 15.8. The first-order valence-corrected chi connectivity index (χ1v) is 18.8. The van der Waals surface area contributed by atoms with Crippen molar-refractivity contribution in [2.75, 3.05) is 19.8 Å². The maximum atomic E-state index is 13.5. The second-order valence-electron chi connectivity index (χ2n) is 18.8. The summed E-state index contributed by atoms with van der Waals surface area (Å²) in [5.74, 6) is 1.41. The number of carbonyl (C=O) groups is 1. The van der Waals surface area contributed by atoms with Crippen LogP contribution in [0, 0.1) is 62.6 Å². The van der Waals surface area contributed by atoms with Crippen molar-refractivity contribution in [3.63, 3.8) is 0 Å². The second-order valence-corrected chi connectivity index (χ2v) is 18.8. The third-order valence-electron chi connectivity index (χ3n) is 16.1. The Morgan fingerprint density at radius 1 is 1.17 bits per heavy atom. The molecular weight excluding hydrogens is 600 g/mol. The normalized spacial score (nSPS) is 44.2. The van der Waals surface area contributed by atoms with Crippen LogP contribution in [-0.4, -0.2) is 57.3 Å². The molecule has 6 rings (SSSR count). The minimum absolute atomic E-state index is 0.0670. The van der Waals surface area contributed by atoms with Gasteiger partial charge in [0.05, 0.1) is 37.9 Å². The lowest BCUT2D eigenvalue weighted by atomic mass is 9.34. The molecular formula is C40H64N4O4. The summed E-state index contributed by atoms with van der Waals surface area (Å²) in [5.41, 5.74) is 6.64. The van der Waals surface area contributed by atoms with E-state index in [4.69, 9.17) is 20.3 Å². The van der Waals surface area contributed by atoms with E-state index in [1.807, 2.05) is 0 Å². The highest BCUT2D eigenvalue weighted by atomic mass is 16.5. The Kier molecular flexibility index (Phi) is 8.77. The molecule has 12 atom stereocenters. The van der Waals surface area contributed by atoms with E-state index in [2.05, 4.69) is 91.6 Å². The van der Waals surface area contributed by atoms with E-state index in [-0.39, 0.29) is 45.1 Å². The van der Waals surface area contributed by atoms with Crippen LogP contribution in [0.2, 0.25) is 0 Å². The average Bonchev–Trinajstić information content (AvgIpc) is 3.49. The summed E-state index contributed by atoms with van der Waals surface area (Å²) in [6.07, 6.45) is 11.5. The number of nitrogens with zero attached hydrogens (tertiary/aromatic N) is 3. The van der Waals surface area contributed by atoms with Gasteiger partial charge in [-0.25, -0.2) is 9.67 Å². The summed E-state index contributed by atoms with van der Waals surface area (Å²) in [5, 5.41) is 15.9. The molecule has 8 heteroatoms. The fourth-order valence-corrected chi connectivity index (χ4v) is 12.2. The lowest BCUT2D eigenvalue weighted by Crippen LogP contribution is -2.69. The highest BCUT2D eigenvalue weighted by Gasteiger charge is 2.72. The third-order valence-corrected chi connectivity index (χ3v) is 16.1. The maximum absolute atomic E-state index is 13.5. The van der Waals surface area contributed by atoms with Crippen molar-refractivity contribution >= 4 is 12.0 Å². The summed E-state index contributed by atoms with van der Waals surface area (Å²) in [4.78, 5) is 18.0. The predicted octanol–water partition coefficient (Wildman–Crippen LogP) is 7.81. The number of ether oxygens (including phenoxy) is 2. The van der Waals surface area contributed by atoms with Gasteiger partial charge < -0.3 is 20.3 Å². The van der Waals surface area contributed by atoms with Gasteiger partial charge in [-0.3, -0.25) is 4.79 Å². The molecule has 0 radical (unpaired) electrons. The number of carboxylic acids is 1. The van der Waals surface area contributed by atoms with E-state index in [0.29, 0.717) is 43.5 Å². The number of nitrogens with two attached hydrogens (primary N) is 1. The van der Waals surface area contributed by atoms with Crippen LogP contribution in [0.4, 0.5) is 0 Å². The Labute approximate surface area is 289 Å². The Morgan fingerprint density at radius 3 is 2.50 bits per heavy atom. The molecule has 2 bridgehead atoms. The average molecular weight is 665 g/mol. The summed E-state index contributed by atoms with van der Waals surface area (Å²) in [6, 6.07) is -0.0670. The molecule has 1 aromatic rings. The fourth-order valence-electron chi connectivity index (χ4n) is 12.2. The first kappa shape index (κ1) is 35.8. The summed E-state index contributed by atoms with van der Waals surface area (Å²) in [7, 11) is 0. The fraction of sp³-hybridized carbons (Fsp3) is 0.825. The van der Waals surface area contributed by atoms with E-state index in [1.165, 1.54) is 5.57 Å². The van der Waals surface area contributed by atoms with Crippen LogP contribution in [0.1, 0.15) is 120 Å². The van der Waals surface area contributed by atoms with Crippen molar-refractivity contribution < 1.29 is 19.4 Å². The summed E-state index contributed by atoms with van der Waals surface area (Å²) in [6.45, 7) is 28.5. The van der Waals surface area contributed by atoms with Gasteiger partial charge >= 0.3 is 5.97 Å². The van der Waals surface area contributed by atoms with Crippen molar-refractivity contribution in [1.82, 2.24) is 14.8 Å². The molecule has 48 heavy (non-hydrogen) atoms. The Hall–Kier alpha value is -2.03. The van der Waals surface area contributed by atoms with E-state index >= 15 is 0 Å². The lowest BCUT2D eigenvalue weighted by Gasteiger charge is -2.71. The van der Waals surface area contributed by atoms with Gasteiger partial charge in [-0.05, 0) is 97.4 Å². The van der Waals surface area contributed by atoms with E-state index < -0.39 is 17.4 Å². The highest BCUT2D eigenvalue weighted by molar-refractivity contribution is 5.73. The molecule has 8 nitrogen and oxygen atoms in total. The van der Waals surface area contributed by atoms with Crippen LogP contribution < -0.4 is 5.73 Å². The van der Waals surface area contributed by atoms with Crippen LogP contribution >= 0.6 is 0 Å². The molecule has 0 aromatic carbocycles. The van der Waals surface area contributed by atoms with Crippen molar-refractivity contribution in [1.29, 1.82) is 0 Å². The van der Waals surface area contributed by atoms with Gasteiger partial charge in [0.25, 0.3) is 0 Å². The van der Waals surface area contributed by atoms with E-state index in [0.717, 1.165) is 44.3 Å². The first-order valence-electron chi connectivity index (χ1n) is 18.8. The molecule has 4 aliphatic carbocycles. The summed E-state index contributed by atoms with van der Waals surface area (Å²) >= 11 is 0. The number of aromatic nitrogens is 3. The molecule has 0 spiro atoms. The van der Waals surface area contributed by atoms with Crippen LogP contribution in [0.15, 0.2) is 24.6 Å². The first-order chi connectivity index (χ1) is 22.3. The number of aliphatic carboxylic acids is 1. The van der Waals surface area contributed by atoms with Crippen molar-refractivity contribution in [3.8, 4) is 0 Å². The van der Waals surface area contributed by atoms with Crippen molar-refractivity contribution in [3.05, 3.63) is 30.4 Å². The molecule has 2 heterocycles. The van der Waals surface area contributed by atoms with Crippen LogP contribution in [0.5, 0.6) is 0 Å². The van der Waals surface area contributed by atoms with Gasteiger partial charge in [0.2, 0.25) is 0 Å². The number of allylic oxidation sites excluding steroid dienone is 1. The molecule has 3 saturated carbocycles. The number of hydrogen-bond acceptors (Lipinski definition) is 6. The highest BCUT2D eigenvalue weighted by Crippen LogP contribution is 2.75. The molecule has 4 fully saturated rings. The third kappa shape index (κ3) is 4.81. The smallest absolute Gasteiger partial charge is 0.307 e. The van der Waals surface area contributed by atoms with Gasteiger partial charge in [0.15, 0.2) is 0 Å². The molecule has 268 valence electrons. The van der Waals surface area contributed by atoms with Crippen LogP contribution in [-0.2, 0) is 14.3 Å². The Bertz CT molecular complexity index is 1450. The number of hydrogen-bond donors (Lipinski definition) is 2. The predicted molar refractivity (Wildman–Crippen MR) is 190 cm³/mol. The van der Waals surface area contributed by atoms with Crippen molar-refractivity contribution in [2.45, 2.75) is 125 Å². The van der Waals surface area contributed by atoms with E-state index in [9.17, 15) is 9.90 Å². The van der Waals surface area contributed by atoms with Gasteiger partial charge in [-0.2, -0.15) is 5.10 Å².